The maximum Gasteiger partial charge on any atom is 0.264 e. The van der Waals surface area contributed by atoms with Gasteiger partial charge in [0, 0.05) is 24.0 Å². The largest absolute Gasteiger partial charge is 0.392 e. The summed E-state index contributed by atoms with van der Waals surface area (Å²) in [5.41, 5.74) is 4.67. The number of hydroxylamine groups is 1. The van der Waals surface area contributed by atoms with Gasteiger partial charge in [-0.15, -0.1) is 0 Å². The summed E-state index contributed by atoms with van der Waals surface area (Å²) in [6.45, 7) is 1.24. The molecule has 0 spiro atoms. The fourth-order valence-electron chi connectivity index (χ4n) is 3.41. The maximum atomic E-state index is 12.1. The molecule has 0 aliphatic carbocycles. The third-order valence-electron chi connectivity index (χ3n) is 5.56. The predicted molar refractivity (Wildman–Crippen MR) is 123 cm³/mol. The highest BCUT2D eigenvalue weighted by atomic mass is 32.2. The van der Waals surface area contributed by atoms with Gasteiger partial charge >= 0.3 is 0 Å². The van der Waals surface area contributed by atoms with Crippen LogP contribution in [0.4, 0.5) is 0 Å². The molecular weight excluding hydrogens is 454 g/mol. The summed E-state index contributed by atoms with van der Waals surface area (Å²) in [7, 11) is -6.59. The van der Waals surface area contributed by atoms with E-state index in [1.165, 1.54) is 12.4 Å². The Bertz CT molecular complexity index is 1250. The second-order valence-corrected chi connectivity index (χ2v) is 12.3. The summed E-state index contributed by atoms with van der Waals surface area (Å²) in [5.74, 6) is 2.45. The van der Waals surface area contributed by atoms with Crippen molar-refractivity contribution in [3.05, 3.63) is 54.1 Å². The third-order valence-corrected chi connectivity index (χ3v) is 8.61. The molecule has 1 heterocycles. The number of nitrogens with two attached hydrogens (primary N) is 1. The Hall–Kier alpha value is -2.73. The van der Waals surface area contributed by atoms with Crippen LogP contribution in [0, 0.1) is 0 Å². The highest BCUT2D eigenvalue weighted by Gasteiger charge is 2.47. The first-order valence-electron chi connectivity index (χ1n) is 9.58. The van der Waals surface area contributed by atoms with E-state index >= 15 is 0 Å². The Morgan fingerprint density at radius 2 is 1.66 bits per heavy atom. The zero-order chi connectivity index (χ0) is 23.7. The van der Waals surface area contributed by atoms with Crippen LogP contribution in [0.25, 0.3) is 11.1 Å². The van der Waals surface area contributed by atoms with Gasteiger partial charge in [-0.1, -0.05) is 41.6 Å². The number of hydrogen-bond donors (Lipinski definition) is 3. The molecule has 0 radical (unpaired) electrons. The van der Waals surface area contributed by atoms with Gasteiger partial charge in [0.25, 0.3) is 5.91 Å². The van der Waals surface area contributed by atoms with Crippen LogP contribution in [0.2, 0.25) is 0 Å². The minimum absolute atomic E-state index is 0.160. The molecule has 3 atom stereocenters. The van der Waals surface area contributed by atoms with E-state index in [1.54, 1.807) is 12.1 Å². The summed E-state index contributed by atoms with van der Waals surface area (Å²) >= 11 is 0. The lowest BCUT2D eigenvalue weighted by atomic mass is 9.95. The average Bonchev–Trinajstić information content (AvgIpc) is 3.20. The standard InChI is InChI=1S/C21H25N3O6S2/c1-21(20(25)23-26,32(3,28)29)13-17-12-19(24-30-17)16-6-4-14(5-7-16)15-8-10-18(11-9-15)31(2,22)27/h4-11,17,26H,2,12-13H2,1,3H3,(H2,22,27)(H,23,25). The number of hydrogen-bond acceptors (Lipinski definition) is 7. The van der Waals surface area contributed by atoms with Crippen LogP contribution in [0.1, 0.15) is 25.3 Å². The number of nitrogens with one attached hydrogen (secondary N) is 1. The van der Waals surface area contributed by atoms with Crippen molar-refractivity contribution < 1.29 is 27.5 Å². The first-order chi connectivity index (χ1) is 14.8. The molecule has 1 aliphatic rings. The SMILES string of the molecule is C=S(N)(=O)c1ccc(-c2ccc(C3=NOC(CC(C)(C(=O)NO)S(C)(=O)=O)C3)cc2)cc1. The molecule has 3 rings (SSSR count). The van der Waals surface area contributed by atoms with Crippen LogP contribution in [0.3, 0.4) is 0 Å². The number of rotatable bonds is 7. The van der Waals surface area contributed by atoms with E-state index in [-0.39, 0.29) is 6.42 Å². The van der Waals surface area contributed by atoms with E-state index in [9.17, 15) is 17.4 Å². The number of amides is 1. The fourth-order valence-corrected chi connectivity index (χ4v) is 4.87. The molecule has 1 amide bonds. The lowest BCUT2D eigenvalue weighted by molar-refractivity contribution is -0.132. The molecular formula is C21H25N3O6S2. The topological polar surface area (TPSA) is 148 Å². The molecule has 2 aromatic rings. The molecule has 0 fully saturated rings. The van der Waals surface area contributed by atoms with Crippen LogP contribution >= 0.6 is 0 Å². The van der Waals surface area contributed by atoms with Crippen molar-refractivity contribution in [2.75, 3.05) is 6.26 Å². The van der Waals surface area contributed by atoms with Crippen molar-refractivity contribution in [2.45, 2.75) is 35.5 Å². The van der Waals surface area contributed by atoms with E-state index < -0.39 is 36.3 Å². The quantitative estimate of drug-likeness (QED) is 0.311. The van der Waals surface area contributed by atoms with E-state index in [4.69, 9.17) is 15.2 Å². The van der Waals surface area contributed by atoms with Crippen LogP contribution < -0.4 is 10.6 Å². The highest BCUT2D eigenvalue weighted by molar-refractivity contribution is 7.98. The van der Waals surface area contributed by atoms with Crippen molar-refractivity contribution in [1.82, 2.24) is 5.48 Å². The van der Waals surface area contributed by atoms with Gasteiger partial charge < -0.3 is 4.84 Å². The number of carbonyl (C=O) groups excluding carboxylic acids is 1. The first kappa shape index (κ1) is 23.9. The van der Waals surface area contributed by atoms with Gasteiger partial charge in [-0.25, -0.2) is 18.1 Å². The number of oxime groups is 1. The zero-order valence-electron chi connectivity index (χ0n) is 17.6. The van der Waals surface area contributed by atoms with E-state index in [1.807, 2.05) is 36.4 Å². The lowest BCUT2D eigenvalue weighted by Crippen LogP contribution is -2.51. The smallest absolute Gasteiger partial charge is 0.264 e. The van der Waals surface area contributed by atoms with Gasteiger partial charge in [0.2, 0.25) is 0 Å². The molecule has 0 bridgehead atoms. The van der Waals surface area contributed by atoms with Crippen LogP contribution in [0.5, 0.6) is 0 Å². The molecule has 172 valence electrons. The van der Waals surface area contributed by atoms with Crippen molar-refractivity contribution in [2.24, 2.45) is 10.3 Å². The van der Waals surface area contributed by atoms with Crippen LogP contribution in [-0.4, -0.2) is 52.4 Å². The average molecular weight is 480 g/mol. The monoisotopic (exact) mass is 479 g/mol. The van der Waals surface area contributed by atoms with Gasteiger partial charge in [-0.2, -0.15) is 0 Å². The summed E-state index contributed by atoms with van der Waals surface area (Å²) in [6.07, 6.45) is 0.453. The van der Waals surface area contributed by atoms with E-state index in [0.29, 0.717) is 17.0 Å². The van der Waals surface area contributed by atoms with Crippen molar-refractivity contribution >= 4 is 37.0 Å². The van der Waals surface area contributed by atoms with Gasteiger partial charge in [0.05, 0.1) is 15.4 Å². The van der Waals surface area contributed by atoms with E-state index in [2.05, 4.69) is 11.0 Å². The number of sulfone groups is 1. The lowest BCUT2D eigenvalue weighted by Gasteiger charge is -2.26. The molecule has 0 saturated carbocycles. The van der Waals surface area contributed by atoms with Gasteiger partial charge in [-0.05, 0) is 41.6 Å². The Morgan fingerprint density at radius 1 is 1.16 bits per heavy atom. The first-order valence-corrected chi connectivity index (χ1v) is 13.3. The third kappa shape index (κ3) is 4.85. The Morgan fingerprint density at radius 3 is 2.12 bits per heavy atom. The minimum Gasteiger partial charge on any atom is -0.392 e. The van der Waals surface area contributed by atoms with Crippen molar-refractivity contribution in [3.63, 3.8) is 0 Å². The van der Waals surface area contributed by atoms with Gasteiger partial charge in [0.1, 0.15) is 6.10 Å². The molecule has 3 unspecified atom stereocenters. The van der Waals surface area contributed by atoms with Crippen LogP contribution in [-0.2, 0) is 29.2 Å². The maximum absolute atomic E-state index is 12.1. The minimum atomic E-state index is -3.83. The predicted octanol–water partition coefficient (Wildman–Crippen LogP) is 1.49. The fraction of sp³-hybridized carbons (Fsp3) is 0.286. The van der Waals surface area contributed by atoms with Crippen molar-refractivity contribution in [1.29, 1.82) is 0 Å². The molecule has 9 nitrogen and oxygen atoms in total. The second-order valence-electron chi connectivity index (χ2n) is 7.95. The van der Waals surface area contributed by atoms with E-state index in [0.717, 1.165) is 22.9 Å². The molecule has 4 N–H and O–H groups in total. The Kier molecular flexibility index (Phi) is 6.47. The Balaban J connectivity index is 1.72. The second kappa shape index (κ2) is 8.66. The summed E-state index contributed by atoms with van der Waals surface area (Å²) < 4.78 is 34.3. The van der Waals surface area contributed by atoms with Crippen molar-refractivity contribution in [3.8, 4) is 11.1 Å². The normalized spacial score (nSPS) is 19.9. The Labute approximate surface area is 187 Å². The zero-order valence-corrected chi connectivity index (χ0v) is 19.3. The van der Waals surface area contributed by atoms with Gasteiger partial charge in [-0.3, -0.25) is 15.1 Å². The number of carbonyl (C=O) groups is 1. The molecule has 1 aliphatic heterocycles. The summed E-state index contributed by atoms with van der Waals surface area (Å²) in [6, 6.07) is 14.5. The van der Waals surface area contributed by atoms with Crippen LogP contribution in [0.15, 0.2) is 58.6 Å². The summed E-state index contributed by atoms with van der Waals surface area (Å²) in [4.78, 5) is 17.9. The molecule has 0 aromatic heterocycles. The number of benzene rings is 2. The number of nitrogens with zero attached hydrogens (tertiary/aromatic N) is 1. The molecule has 11 heteroatoms. The highest BCUT2D eigenvalue weighted by Crippen LogP contribution is 2.30. The molecule has 2 aromatic carbocycles. The summed E-state index contributed by atoms with van der Waals surface area (Å²) in [5, 5.41) is 18.6. The molecule has 0 saturated heterocycles. The van der Waals surface area contributed by atoms with Gasteiger partial charge in [0.15, 0.2) is 14.6 Å². The molecule has 32 heavy (non-hydrogen) atoms.